The third-order valence-electron chi connectivity index (χ3n) is 7.31. The number of rotatable bonds is 2. The molecule has 0 radical (unpaired) electrons. The SMILES string of the molecule is Nc1nc2c(nnn2[C@@H]2O[C@@H]3CO[PH](O)(S)O[C@H]4[C@H](F)[C@H](n5ccc6c(N)ncnc65)O[C@@H]4CO[PH](O)(S)O[C@@H]2C3)c(=O)[nH]1. The monoisotopic (exact) mass is 696 g/mol. The summed E-state index contributed by atoms with van der Waals surface area (Å²) in [4.78, 5) is 49.0. The summed E-state index contributed by atoms with van der Waals surface area (Å²) in [7, 11) is -8.66. The van der Waals surface area contributed by atoms with Crippen LogP contribution >= 0.6 is 38.8 Å². The minimum atomic E-state index is -4.35. The molecule has 3 saturated heterocycles. The Balaban J connectivity index is 1.18. The Labute approximate surface area is 256 Å². The fourth-order valence-corrected chi connectivity index (χ4v) is 8.78. The predicted molar refractivity (Wildman–Crippen MR) is 160 cm³/mol. The number of nitrogens with one attached hydrogen (secondary N) is 1. The normalized spacial score (nSPS) is 33.7. The molecule has 7 rings (SSSR count). The zero-order valence-corrected chi connectivity index (χ0v) is 26.0. The second kappa shape index (κ2) is 11.2. The van der Waals surface area contributed by atoms with Crippen molar-refractivity contribution in [1.29, 1.82) is 0 Å². The van der Waals surface area contributed by atoms with Crippen molar-refractivity contribution in [2.24, 2.45) is 0 Å². The van der Waals surface area contributed by atoms with Crippen LogP contribution in [0.2, 0.25) is 0 Å². The van der Waals surface area contributed by atoms with Gasteiger partial charge in [-0.05, 0) is 0 Å². The van der Waals surface area contributed by atoms with Gasteiger partial charge in [-0.15, -0.1) is 0 Å². The molecule has 4 aromatic rings. The number of ether oxygens (including phenoxy) is 2. The quantitative estimate of drug-likeness (QED) is 0.109. The summed E-state index contributed by atoms with van der Waals surface area (Å²) >= 11 is 8.45. The van der Waals surface area contributed by atoms with Crippen LogP contribution in [0.3, 0.4) is 0 Å². The average molecular weight is 697 g/mol. The molecular weight excluding hydrogens is 669 g/mol. The fourth-order valence-electron chi connectivity index (χ4n) is 5.40. The molecule has 7 heterocycles. The molecule has 0 saturated carbocycles. The summed E-state index contributed by atoms with van der Waals surface area (Å²) in [6, 6.07) is 1.61. The van der Waals surface area contributed by atoms with Gasteiger partial charge in [0.05, 0.1) is 0 Å². The van der Waals surface area contributed by atoms with Crippen LogP contribution in [0.15, 0.2) is 23.4 Å². The van der Waals surface area contributed by atoms with Crippen molar-refractivity contribution < 1.29 is 41.7 Å². The maximum atomic E-state index is 16.0. The van der Waals surface area contributed by atoms with Gasteiger partial charge in [-0.25, -0.2) is 0 Å². The van der Waals surface area contributed by atoms with Crippen LogP contribution in [0.25, 0.3) is 22.2 Å². The standard InChI is InChI=1S/C20H27FN10O9P2S2/c21-11-13-10(38-19(11)30-2-1-8-14(22)24-6-25-15(8)30)5-36-41(33,43)39-9-3-7(4-35-42(34,44)40-13)37-18(9)31-16-12(28-29-31)17(32)27-20(23)26-16/h1-2,6-7,9-11,13,18-19,33-34,41-44H,3-5H2,(H2,22,24,25)(H3,23,26,27,32)/t7-,9+,10+,11-,13+,18+,19+/m0/s1. The van der Waals surface area contributed by atoms with E-state index in [0.29, 0.717) is 11.0 Å². The van der Waals surface area contributed by atoms with Gasteiger partial charge in [-0.3, -0.25) is 0 Å². The van der Waals surface area contributed by atoms with Crippen LogP contribution < -0.4 is 17.0 Å². The number of nitrogen functional groups attached to an aromatic ring is 2. The molecule has 0 aromatic carbocycles. The molecule has 3 fully saturated rings. The molecular formula is C20H27FN10O9P2S2. The zero-order valence-electron chi connectivity index (χ0n) is 22.2. The summed E-state index contributed by atoms with van der Waals surface area (Å²) in [5.41, 5.74) is 11.2. The van der Waals surface area contributed by atoms with Gasteiger partial charge < -0.3 is 0 Å². The maximum absolute atomic E-state index is 16.0. The molecule has 0 unspecified atom stereocenters. The third kappa shape index (κ3) is 5.52. The zero-order chi connectivity index (χ0) is 31.0. The molecule has 0 spiro atoms. The fraction of sp³-hybridized carbons (Fsp3) is 0.500. The van der Waals surface area contributed by atoms with Gasteiger partial charge in [-0.2, -0.15) is 0 Å². The number of nitrogens with two attached hydrogens (primary N) is 2. The van der Waals surface area contributed by atoms with Gasteiger partial charge in [0.1, 0.15) is 0 Å². The van der Waals surface area contributed by atoms with Crippen molar-refractivity contribution in [3.8, 4) is 0 Å². The Morgan fingerprint density at radius 3 is 2.64 bits per heavy atom. The van der Waals surface area contributed by atoms with Crippen LogP contribution in [0.4, 0.5) is 16.2 Å². The van der Waals surface area contributed by atoms with E-state index in [4.69, 9.17) is 39.0 Å². The Morgan fingerprint density at radius 2 is 1.82 bits per heavy atom. The first-order chi connectivity index (χ1) is 20.9. The van der Waals surface area contributed by atoms with E-state index in [1.807, 2.05) is 0 Å². The van der Waals surface area contributed by atoms with E-state index in [1.54, 1.807) is 6.07 Å². The van der Waals surface area contributed by atoms with E-state index in [2.05, 4.69) is 54.7 Å². The number of anilines is 2. The van der Waals surface area contributed by atoms with Crippen LogP contribution in [0.1, 0.15) is 18.9 Å². The number of aromatic amines is 1. The van der Waals surface area contributed by atoms with Crippen LogP contribution in [-0.4, -0.2) is 93.1 Å². The first-order valence-electron chi connectivity index (χ1n) is 13.0. The van der Waals surface area contributed by atoms with Gasteiger partial charge in [0.15, 0.2) is 0 Å². The molecule has 0 amide bonds. The van der Waals surface area contributed by atoms with E-state index < -0.39 is 69.5 Å². The molecule has 44 heavy (non-hydrogen) atoms. The van der Waals surface area contributed by atoms with E-state index in [9.17, 15) is 14.6 Å². The summed E-state index contributed by atoms with van der Waals surface area (Å²) in [6.45, 7) is -0.750. The molecule has 4 aromatic heterocycles. The molecule has 3 aliphatic heterocycles. The summed E-state index contributed by atoms with van der Waals surface area (Å²) in [5, 5.41) is 8.30. The number of thiol groups is 2. The van der Waals surface area contributed by atoms with Gasteiger partial charge in [-0.1, -0.05) is 0 Å². The van der Waals surface area contributed by atoms with Crippen molar-refractivity contribution in [3.05, 3.63) is 28.9 Å². The number of nitrogens with zero attached hydrogens (tertiary/aromatic N) is 7. The molecule has 0 aliphatic carbocycles. The van der Waals surface area contributed by atoms with Crippen molar-refractivity contribution in [1.82, 2.24) is 39.5 Å². The first kappa shape index (κ1) is 30.3. The molecule has 240 valence electrons. The van der Waals surface area contributed by atoms with Crippen molar-refractivity contribution in [3.63, 3.8) is 0 Å². The number of hydrogen-bond donors (Lipinski definition) is 7. The molecule has 19 nitrogen and oxygen atoms in total. The van der Waals surface area contributed by atoms with E-state index in [0.717, 1.165) is 0 Å². The second-order valence-corrected chi connectivity index (χ2v) is 16.9. The van der Waals surface area contributed by atoms with Crippen LogP contribution in [-0.2, 0) is 27.6 Å². The predicted octanol–water partition coefficient (Wildman–Crippen LogP) is 0.128. The molecule has 2 bridgehead atoms. The van der Waals surface area contributed by atoms with E-state index in [-0.39, 0.29) is 36.0 Å². The first-order valence-corrected chi connectivity index (χ1v) is 19.2. The summed E-state index contributed by atoms with van der Waals surface area (Å²) in [5.74, 6) is 0.00728. The average Bonchev–Trinajstić information content (AvgIpc) is 3.72. The number of halogens is 1. The Kier molecular flexibility index (Phi) is 7.71. The number of H-pyrrole nitrogens is 1. The Bertz CT molecular complexity index is 1780. The topological polar surface area (TPSA) is 255 Å². The Hall–Kier alpha value is -2.33. The third-order valence-corrected chi connectivity index (χ3v) is 11.0. The van der Waals surface area contributed by atoms with Crippen molar-refractivity contribution in [2.75, 3.05) is 24.7 Å². The second-order valence-electron chi connectivity index (χ2n) is 10.2. The molecule has 7 atom stereocenters. The summed E-state index contributed by atoms with van der Waals surface area (Å²) in [6.07, 6.45) is -5.88. The molecule has 3 aliphatic rings. The number of aromatic nitrogens is 8. The van der Waals surface area contributed by atoms with Crippen molar-refractivity contribution >= 4 is 72.8 Å². The van der Waals surface area contributed by atoms with E-state index in [1.165, 1.54) is 21.8 Å². The van der Waals surface area contributed by atoms with E-state index >= 15 is 4.39 Å². The number of hydrogen-bond acceptors (Lipinski definition) is 18. The molecule has 24 heteroatoms. The van der Waals surface area contributed by atoms with Gasteiger partial charge in [0.2, 0.25) is 0 Å². The Morgan fingerprint density at radius 1 is 1.05 bits per heavy atom. The molecule has 7 N–H and O–H groups in total. The number of fused-ring (bicyclic) bond motifs is 5. The summed E-state index contributed by atoms with van der Waals surface area (Å²) < 4.78 is 53.6. The van der Waals surface area contributed by atoms with Crippen LogP contribution in [0.5, 0.6) is 0 Å². The van der Waals surface area contributed by atoms with Gasteiger partial charge in [0.25, 0.3) is 0 Å². The minimum absolute atomic E-state index is 0.00646. The van der Waals surface area contributed by atoms with Crippen LogP contribution in [0, 0.1) is 0 Å². The number of alkyl halides is 1. The van der Waals surface area contributed by atoms with Gasteiger partial charge in [0, 0.05) is 0 Å². The van der Waals surface area contributed by atoms with Gasteiger partial charge >= 0.3 is 257 Å². The van der Waals surface area contributed by atoms with Crippen molar-refractivity contribution in [2.45, 2.75) is 49.5 Å².